The fraction of sp³-hybridized carbons (Fsp3) is 0.0714. The molecule has 0 unspecified atom stereocenters. The zero-order valence-corrected chi connectivity index (χ0v) is 17.2. The lowest BCUT2D eigenvalue weighted by Crippen LogP contribution is -2.21. The minimum absolute atomic E-state index is 0.00506. The maximum atomic E-state index is 9.16. The van der Waals surface area contributed by atoms with E-state index in [0.29, 0.717) is 0 Å². The van der Waals surface area contributed by atoms with Crippen LogP contribution in [0.15, 0.2) is 103 Å². The van der Waals surface area contributed by atoms with E-state index in [2.05, 4.69) is 97.1 Å². The first-order valence-corrected chi connectivity index (χ1v) is 10.5. The number of fused-ring (bicyclic) bond motifs is 2. The minimum atomic E-state index is -0.00506. The third-order valence-electron chi connectivity index (χ3n) is 5.66. The van der Waals surface area contributed by atoms with Gasteiger partial charge in [-0.25, -0.2) is 0 Å². The van der Waals surface area contributed by atoms with E-state index in [1.165, 1.54) is 33.0 Å². The van der Waals surface area contributed by atoms with Crippen LogP contribution in [0.5, 0.6) is 0 Å². The van der Waals surface area contributed by atoms with E-state index in [0.717, 1.165) is 16.2 Å². The summed E-state index contributed by atoms with van der Waals surface area (Å²) in [5.41, 5.74) is 5.90. The summed E-state index contributed by atoms with van der Waals surface area (Å²) in [4.78, 5) is 0. The lowest BCUT2D eigenvalue weighted by atomic mass is 9.76. The average Bonchev–Trinajstić information content (AvgIpc) is 2.84. The molecular weight excluding hydrogens is 379 g/mol. The summed E-state index contributed by atoms with van der Waals surface area (Å²) in [6.45, 7) is 0.274. The molecule has 149 valence electrons. The molecule has 0 fully saturated rings. The maximum absolute atomic E-state index is 9.16. The summed E-state index contributed by atoms with van der Waals surface area (Å²) in [6.07, 6.45) is 0. The standard InChI is InChI=1S/C28H22BO2/c30-18-19-31-29-28-25-16-8-6-14-23(25)27(24-15-7-9-17-26(24)28)22-13-5-4-12-21(22)20-10-2-1-3-11-20/h1-17,30H,18-19H2. The van der Waals surface area contributed by atoms with E-state index in [9.17, 15) is 0 Å². The minimum Gasteiger partial charge on any atom is -0.432 e. The van der Waals surface area contributed by atoms with Crippen molar-refractivity contribution in [1.82, 2.24) is 0 Å². The second kappa shape index (κ2) is 8.77. The molecule has 0 saturated heterocycles. The molecule has 0 aliphatic carbocycles. The van der Waals surface area contributed by atoms with E-state index in [1.54, 1.807) is 7.48 Å². The second-order valence-electron chi connectivity index (χ2n) is 7.50. The van der Waals surface area contributed by atoms with Crippen molar-refractivity contribution >= 4 is 34.5 Å². The van der Waals surface area contributed by atoms with Gasteiger partial charge in [0.05, 0.1) is 13.2 Å². The highest BCUT2D eigenvalue weighted by atomic mass is 16.4. The quantitative estimate of drug-likeness (QED) is 0.229. The molecule has 31 heavy (non-hydrogen) atoms. The second-order valence-corrected chi connectivity index (χ2v) is 7.50. The van der Waals surface area contributed by atoms with Crippen molar-refractivity contribution in [3.63, 3.8) is 0 Å². The highest BCUT2D eigenvalue weighted by Crippen LogP contribution is 2.40. The number of hydrogen-bond acceptors (Lipinski definition) is 2. The molecule has 5 aromatic carbocycles. The Hall–Kier alpha value is -3.40. The zero-order valence-electron chi connectivity index (χ0n) is 17.2. The first-order chi connectivity index (χ1) is 15.4. The predicted molar refractivity (Wildman–Crippen MR) is 131 cm³/mol. The van der Waals surface area contributed by atoms with Crippen molar-refractivity contribution in [3.8, 4) is 22.3 Å². The van der Waals surface area contributed by atoms with E-state index >= 15 is 0 Å². The third-order valence-corrected chi connectivity index (χ3v) is 5.66. The SMILES string of the molecule is OCCO[B]c1c2ccccc2c(-c2ccccc2-c2ccccc2)c2ccccc12. The first kappa shape index (κ1) is 19.6. The van der Waals surface area contributed by atoms with E-state index in [4.69, 9.17) is 9.76 Å². The Labute approximate surface area is 183 Å². The van der Waals surface area contributed by atoms with Crippen LogP contribution in [0.2, 0.25) is 0 Å². The number of rotatable bonds is 6. The van der Waals surface area contributed by atoms with Gasteiger partial charge in [0.25, 0.3) is 0 Å². The van der Waals surface area contributed by atoms with Gasteiger partial charge >= 0.3 is 7.48 Å². The molecule has 2 nitrogen and oxygen atoms in total. The van der Waals surface area contributed by atoms with Gasteiger partial charge in [0, 0.05) is 0 Å². The van der Waals surface area contributed by atoms with Gasteiger partial charge in [-0.15, -0.1) is 0 Å². The van der Waals surface area contributed by atoms with Crippen LogP contribution >= 0.6 is 0 Å². The Kier molecular flexibility index (Phi) is 5.53. The lowest BCUT2D eigenvalue weighted by molar-refractivity contribution is 0.209. The van der Waals surface area contributed by atoms with Crippen molar-refractivity contribution in [3.05, 3.63) is 103 Å². The Bertz CT molecular complexity index is 1290. The molecule has 0 atom stereocenters. The number of aliphatic hydroxyl groups excluding tert-OH is 1. The van der Waals surface area contributed by atoms with Gasteiger partial charge in [0.2, 0.25) is 0 Å². The Morgan fingerprint density at radius 1 is 0.581 bits per heavy atom. The molecule has 0 aromatic heterocycles. The van der Waals surface area contributed by atoms with Gasteiger partial charge in [0.1, 0.15) is 0 Å². The predicted octanol–water partition coefficient (Wildman–Crippen LogP) is 5.58. The lowest BCUT2D eigenvalue weighted by Gasteiger charge is -2.19. The van der Waals surface area contributed by atoms with Crippen molar-refractivity contribution in [2.75, 3.05) is 13.2 Å². The van der Waals surface area contributed by atoms with Gasteiger partial charge in [-0.3, -0.25) is 0 Å². The topological polar surface area (TPSA) is 29.5 Å². The molecule has 0 spiro atoms. The average molecular weight is 401 g/mol. The van der Waals surface area contributed by atoms with E-state index < -0.39 is 0 Å². The van der Waals surface area contributed by atoms with Crippen LogP contribution in [-0.4, -0.2) is 25.8 Å². The fourth-order valence-electron chi connectivity index (χ4n) is 4.34. The molecule has 0 bridgehead atoms. The molecule has 3 heteroatoms. The molecule has 1 radical (unpaired) electrons. The van der Waals surface area contributed by atoms with Gasteiger partial charge in [-0.1, -0.05) is 103 Å². The monoisotopic (exact) mass is 401 g/mol. The Morgan fingerprint density at radius 3 is 1.71 bits per heavy atom. The number of aliphatic hydroxyl groups is 1. The summed E-state index contributed by atoms with van der Waals surface area (Å²) in [5.74, 6) is 0. The van der Waals surface area contributed by atoms with E-state index in [1.807, 2.05) is 6.07 Å². The summed E-state index contributed by atoms with van der Waals surface area (Å²) in [7, 11) is 1.79. The molecule has 5 aromatic rings. The number of hydrogen-bond donors (Lipinski definition) is 1. The maximum Gasteiger partial charge on any atom is 0.331 e. The molecule has 0 aliphatic rings. The van der Waals surface area contributed by atoms with E-state index in [-0.39, 0.29) is 13.2 Å². The molecule has 0 heterocycles. The first-order valence-electron chi connectivity index (χ1n) is 10.5. The van der Waals surface area contributed by atoms with Crippen molar-refractivity contribution in [2.24, 2.45) is 0 Å². The zero-order chi connectivity index (χ0) is 21.0. The van der Waals surface area contributed by atoms with Gasteiger partial charge < -0.3 is 9.76 Å². The van der Waals surface area contributed by atoms with Gasteiger partial charge in [-0.2, -0.15) is 0 Å². The highest BCUT2D eigenvalue weighted by Gasteiger charge is 2.18. The van der Waals surface area contributed by atoms with Gasteiger partial charge in [-0.05, 0) is 49.3 Å². The van der Waals surface area contributed by atoms with Crippen molar-refractivity contribution in [2.45, 2.75) is 0 Å². The van der Waals surface area contributed by atoms with Crippen LogP contribution in [0, 0.1) is 0 Å². The Balaban J connectivity index is 1.85. The largest absolute Gasteiger partial charge is 0.432 e. The number of benzene rings is 5. The molecule has 5 rings (SSSR count). The smallest absolute Gasteiger partial charge is 0.331 e. The van der Waals surface area contributed by atoms with Crippen LogP contribution in [-0.2, 0) is 4.65 Å². The van der Waals surface area contributed by atoms with Crippen molar-refractivity contribution < 1.29 is 9.76 Å². The molecule has 0 saturated carbocycles. The summed E-state index contributed by atoms with van der Waals surface area (Å²) >= 11 is 0. The summed E-state index contributed by atoms with van der Waals surface area (Å²) in [5, 5.41) is 13.8. The van der Waals surface area contributed by atoms with Crippen molar-refractivity contribution in [1.29, 1.82) is 0 Å². The van der Waals surface area contributed by atoms with Crippen LogP contribution in [0.1, 0.15) is 0 Å². The van der Waals surface area contributed by atoms with Crippen LogP contribution in [0.4, 0.5) is 0 Å². The summed E-state index contributed by atoms with van der Waals surface area (Å²) in [6, 6.07) is 36.1. The fourth-order valence-corrected chi connectivity index (χ4v) is 4.34. The molecule has 0 aliphatic heterocycles. The molecule has 1 N–H and O–H groups in total. The molecular formula is C28H22BO2. The van der Waals surface area contributed by atoms with Crippen LogP contribution in [0.3, 0.4) is 0 Å². The van der Waals surface area contributed by atoms with Gasteiger partial charge in [0.15, 0.2) is 0 Å². The highest BCUT2D eigenvalue weighted by molar-refractivity contribution is 6.56. The summed E-state index contributed by atoms with van der Waals surface area (Å²) < 4.78 is 5.65. The third kappa shape index (κ3) is 3.63. The van der Waals surface area contributed by atoms with Crippen LogP contribution in [0.25, 0.3) is 43.8 Å². The Morgan fingerprint density at radius 2 is 1.10 bits per heavy atom. The van der Waals surface area contributed by atoms with Crippen LogP contribution < -0.4 is 5.46 Å². The normalized spacial score (nSPS) is 11.1. The molecule has 0 amide bonds.